The van der Waals surface area contributed by atoms with Crippen LogP contribution >= 0.6 is 0 Å². The minimum absolute atomic E-state index is 0.0525. The van der Waals surface area contributed by atoms with E-state index in [1.165, 1.54) is 12.8 Å². The van der Waals surface area contributed by atoms with Crippen LogP contribution in [0.3, 0.4) is 0 Å². The second kappa shape index (κ2) is 10.2. The summed E-state index contributed by atoms with van der Waals surface area (Å²) in [6, 6.07) is 7.33. The molecule has 1 aliphatic carbocycles. The topological polar surface area (TPSA) is 35.5 Å². The number of allylic oxidation sites excluding steroid dienone is 1. The van der Waals surface area contributed by atoms with Gasteiger partial charge in [0.05, 0.1) is 12.5 Å². The predicted molar refractivity (Wildman–Crippen MR) is 97.4 cm³/mol. The van der Waals surface area contributed by atoms with E-state index in [1.54, 1.807) is 0 Å². The fourth-order valence-electron chi connectivity index (χ4n) is 3.26. The summed E-state index contributed by atoms with van der Waals surface area (Å²) in [4.78, 5) is 12.3. The quantitative estimate of drug-likeness (QED) is 0.258. The summed E-state index contributed by atoms with van der Waals surface area (Å²) in [6.45, 7) is 6.55. The second-order valence-corrected chi connectivity index (χ2v) is 6.68. The number of carbonyl (C=O) groups is 1. The van der Waals surface area contributed by atoms with Gasteiger partial charge in [0.2, 0.25) is 0 Å². The van der Waals surface area contributed by atoms with Crippen LogP contribution in [-0.4, -0.2) is 12.6 Å². The van der Waals surface area contributed by atoms with Gasteiger partial charge in [-0.2, -0.15) is 0 Å². The van der Waals surface area contributed by atoms with E-state index in [4.69, 9.17) is 9.47 Å². The van der Waals surface area contributed by atoms with Crippen LogP contribution in [0.25, 0.3) is 0 Å². The average Bonchev–Trinajstić information content (AvgIpc) is 2.62. The summed E-state index contributed by atoms with van der Waals surface area (Å²) in [7, 11) is 0. The van der Waals surface area contributed by atoms with Gasteiger partial charge in [-0.3, -0.25) is 4.79 Å². The van der Waals surface area contributed by atoms with E-state index >= 15 is 0 Å². The molecular formula is C21H30O3. The Hall–Kier alpha value is -1.77. The van der Waals surface area contributed by atoms with E-state index < -0.39 is 0 Å². The number of hydrogen-bond donors (Lipinski definition) is 0. The minimum atomic E-state index is -0.0817. The van der Waals surface area contributed by atoms with Gasteiger partial charge in [-0.15, -0.1) is 6.58 Å². The third-order valence-electron chi connectivity index (χ3n) is 4.72. The number of ether oxygens (including phenoxy) is 2. The zero-order valence-electron chi connectivity index (χ0n) is 14.8. The Morgan fingerprint density at radius 2 is 1.83 bits per heavy atom. The molecule has 0 N–H and O–H groups in total. The Balaban J connectivity index is 1.74. The number of esters is 1. The van der Waals surface area contributed by atoms with Crippen LogP contribution in [0, 0.1) is 11.8 Å². The molecule has 3 heteroatoms. The van der Waals surface area contributed by atoms with Crippen molar-refractivity contribution in [2.75, 3.05) is 6.61 Å². The Bertz CT molecular complexity index is 498. The molecule has 0 bridgehead atoms. The molecule has 0 spiro atoms. The third-order valence-corrected chi connectivity index (χ3v) is 4.72. The molecule has 132 valence electrons. The van der Waals surface area contributed by atoms with Crippen molar-refractivity contribution in [1.82, 2.24) is 0 Å². The number of rotatable bonds is 9. The monoisotopic (exact) mass is 330 g/mol. The third kappa shape index (κ3) is 6.03. The Labute approximate surface area is 146 Å². The highest BCUT2D eigenvalue weighted by atomic mass is 16.5. The summed E-state index contributed by atoms with van der Waals surface area (Å²) >= 11 is 0. The first-order valence-corrected chi connectivity index (χ1v) is 9.28. The number of benzene rings is 1. The van der Waals surface area contributed by atoms with Crippen molar-refractivity contribution in [1.29, 1.82) is 0 Å². The van der Waals surface area contributed by atoms with E-state index in [1.807, 2.05) is 30.3 Å². The number of unbranched alkanes of at least 4 members (excludes halogenated alkanes) is 1. The summed E-state index contributed by atoms with van der Waals surface area (Å²) in [5, 5.41) is 0. The molecule has 0 aliphatic heterocycles. The Morgan fingerprint density at radius 1 is 1.17 bits per heavy atom. The van der Waals surface area contributed by atoms with Gasteiger partial charge in [-0.25, -0.2) is 0 Å². The molecular weight excluding hydrogens is 300 g/mol. The molecule has 1 aromatic carbocycles. The maximum Gasteiger partial charge on any atom is 0.314 e. The van der Waals surface area contributed by atoms with Gasteiger partial charge in [-0.05, 0) is 75.1 Å². The van der Waals surface area contributed by atoms with Crippen LogP contribution in [0.1, 0.15) is 58.3 Å². The second-order valence-electron chi connectivity index (χ2n) is 6.68. The lowest BCUT2D eigenvalue weighted by Gasteiger charge is -2.27. The summed E-state index contributed by atoms with van der Waals surface area (Å²) < 4.78 is 11.1. The molecule has 0 saturated heterocycles. The summed E-state index contributed by atoms with van der Waals surface area (Å²) in [5.41, 5.74) is 0. The number of carbonyl (C=O) groups excluding carboxylic acids is 1. The fraction of sp³-hybridized carbons (Fsp3) is 0.571. The van der Waals surface area contributed by atoms with Crippen molar-refractivity contribution < 1.29 is 14.3 Å². The maximum absolute atomic E-state index is 12.3. The van der Waals surface area contributed by atoms with Crippen LogP contribution in [0.5, 0.6) is 11.5 Å². The van der Waals surface area contributed by atoms with Gasteiger partial charge in [-0.1, -0.05) is 19.4 Å². The SMILES string of the molecule is C=CCCCC1CCC(C(=O)Oc2ccc(OCCC)cc2)CC1. The summed E-state index contributed by atoms with van der Waals surface area (Å²) in [5.74, 6) is 2.16. The molecule has 3 nitrogen and oxygen atoms in total. The molecule has 0 heterocycles. The van der Waals surface area contributed by atoms with Gasteiger partial charge in [0.25, 0.3) is 0 Å². The molecule has 1 aliphatic rings. The highest BCUT2D eigenvalue weighted by Gasteiger charge is 2.27. The lowest BCUT2D eigenvalue weighted by molar-refractivity contribution is -0.140. The van der Waals surface area contributed by atoms with Gasteiger partial charge >= 0.3 is 5.97 Å². The molecule has 24 heavy (non-hydrogen) atoms. The molecule has 1 saturated carbocycles. The minimum Gasteiger partial charge on any atom is -0.494 e. The van der Waals surface area contributed by atoms with Crippen LogP contribution in [0.4, 0.5) is 0 Å². The molecule has 0 amide bonds. The van der Waals surface area contributed by atoms with Crippen molar-refractivity contribution in [3.63, 3.8) is 0 Å². The van der Waals surface area contributed by atoms with E-state index in [0.29, 0.717) is 12.4 Å². The first kappa shape index (κ1) is 18.6. The van der Waals surface area contributed by atoms with Crippen molar-refractivity contribution >= 4 is 5.97 Å². The van der Waals surface area contributed by atoms with Crippen molar-refractivity contribution in [2.24, 2.45) is 11.8 Å². The van der Waals surface area contributed by atoms with Gasteiger partial charge < -0.3 is 9.47 Å². The van der Waals surface area contributed by atoms with Crippen molar-refractivity contribution in [2.45, 2.75) is 58.3 Å². The molecule has 1 fully saturated rings. The van der Waals surface area contributed by atoms with E-state index in [-0.39, 0.29) is 11.9 Å². The van der Waals surface area contributed by atoms with Gasteiger partial charge in [0, 0.05) is 0 Å². The zero-order chi connectivity index (χ0) is 17.2. The van der Waals surface area contributed by atoms with Crippen LogP contribution < -0.4 is 9.47 Å². The Kier molecular flexibility index (Phi) is 7.87. The van der Waals surface area contributed by atoms with E-state index in [0.717, 1.165) is 50.2 Å². The number of hydrogen-bond acceptors (Lipinski definition) is 3. The standard InChI is InChI=1S/C21H30O3/c1-3-5-6-7-17-8-10-18(11-9-17)21(22)24-20-14-12-19(13-15-20)23-16-4-2/h3,12-15,17-18H,1,4-11,16H2,2H3. The van der Waals surface area contributed by atoms with E-state index in [9.17, 15) is 4.79 Å². The zero-order valence-corrected chi connectivity index (χ0v) is 14.8. The lowest BCUT2D eigenvalue weighted by Crippen LogP contribution is -2.25. The van der Waals surface area contributed by atoms with Crippen LogP contribution in [0.15, 0.2) is 36.9 Å². The molecule has 0 atom stereocenters. The highest BCUT2D eigenvalue weighted by Crippen LogP contribution is 2.33. The lowest BCUT2D eigenvalue weighted by atomic mass is 9.80. The first-order valence-electron chi connectivity index (χ1n) is 9.28. The van der Waals surface area contributed by atoms with Crippen LogP contribution in [-0.2, 0) is 4.79 Å². The smallest absolute Gasteiger partial charge is 0.314 e. The van der Waals surface area contributed by atoms with Gasteiger partial charge in [0.15, 0.2) is 0 Å². The fourth-order valence-corrected chi connectivity index (χ4v) is 3.26. The predicted octanol–water partition coefficient (Wildman–Crippen LogP) is 5.54. The molecule has 0 aromatic heterocycles. The maximum atomic E-state index is 12.3. The largest absolute Gasteiger partial charge is 0.494 e. The Morgan fingerprint density at radius 3 is 2.46 bits per heavy atom. The highest BCUT2D eigenvalue weighted by molar-refractivity contribution is 5.75. The van der Waals surface area contributed by atoms with Gasteiger partial charge in [0.1, 0.15) is 11.5 Å². The first-order chi connectivity index (χ1) is 11.7. The van der Waals surface area contributed by atoms with Crippen LogP contribution in [0.2, 0.25) is 0 Å². The molecule has 2 rings (SSSR count). The van der Waals surface area contributed by atoms with Crippen molar-refractivity contribution in [3.8, 4) is 11.5 Å². The van der Waals surface area contributed by atoms with E-state index in [2.05, 4.69) is 13.5 Å². The van der Waals surface area contributed by atoms with Crippen molar-refractivity contribution in [3.05, 3.63) is 36.9 Å². The average molecular weight is 330 g/mol. The normalized spacial score (nSPS) is 20.4. The molecule has 1 aromatic rings. The summed E-state index contributed by atoms with van der Waals surface area (Å²) in [6.07, 6.45) is 10.7. The molecule has 0 unspecified atom stereocenters. The molecule has 0 radical (unpaired) electrons.